The second-order valence-electron chi connectivity index (χ2n) is 5.53. The summed E-state index contributed by atoms with van der Waals surface area (Å²) in [6, 6.07) is 3.75. The molecule has 2 nitrogen and oxygen atoms in total. The summed E-state index contributed by atoms with van der Waals surface area (Å²) in [5.74, 6) is 1.52. The highest BCUT2D eigenvalue weighted by Crippen LogP contribution is 2.36. The molecule has 1 aromatic carbocycles. The number of rotatable bonds is 12. The zero-order valence-corrected chi connectivity index (χ0v) is 16.1. The highest BCUT2D eigenvalue weighted by molar-refractivity contribution is 9.10. The van der Waals surface area contributed by atoms with E-state index in [-0.39, 0.29) is 0 Å². The van der Waals surface area contributed by atoms with Gasteiger partial charge in [-0.1, -0.05) is 64.0 Å². The molecule has 1 rings (SSSR count). The van der Waals surface area contributed by atoms with Gasteiger partial charge in [0.1, 0.15) is 11.5 Å². The molecule has 0 N–H and O–H groups in total. The molecule has 0 spiro atoms. The van der Waals surface area contributed by atoms with Gasteiger partial charge in [0.15, 0.2) is 0 Å². The van der Waals surface area contributed by atoms with Crippen LogP contribution >= 0.6 is 27.5 Å². The van der Waals surface area contributed by atoms with Crippen molar-refractivity contribution in [3.63, 3.8) is 0 Å². The third-order valence-electron chi connectivity index (χ3n) is 3.50. The highest BCUT2D eigenvalue weighted by Gasteiger charge is 2.09. The summed E-state index contributed by atoms with van der Waals surface area (Å²) < 4.78 is 12.4. The second-order valence-corrected chi connectivity index (χ2v) is 6.79. The average Bonchev–Trinajstić information content (AvgIpc) is 2.51. The Morgan fingerprint density at radius 3 is 1.91 bits per heavy atom. The molecular weight excluding hydrogens is 364 g/mol. The summed E-state index contributed by atoms with van der Waals surface area (Å²) in [4.78, 5) is 0. The molecule has 1 aromatic rings. The Morgan fingerprint density at radius 2 is 1.36 bits per heavy atom. The van der Waals surface area contributed by atoms with E-state index in [1.165, 1.54) is 38.5 Å². The normalized spacial score (nSPS) is 10.7. The van der Waals surface area contributed by atoms with Crippen molar-refractivity contribution in [3.8, 4) is 11.5 Å². The predicted molar refractivity (Wildman–Crippen MR) is 98.4 cm³/mol. The monoisotopic (exact) mass is 390 g/mol. The van der Waals surface area contributed by atoms with Crippen LogP contribution in [0.1, 0.15) is 65.2 Å². The van der Waals surface area contributed by atoms with Crippen LogP contribution in [0.15, 0.2) is 16.6 Å². The molecule has 22 heavy (non-hydrogen) atoms. The zero-order chi connectivity index (χ0) is 16.2. The Bertz CT molecular complexity index is 384. The third kappa shape index (κ3) is 7.73. The number of ether oxygens (including phenoxy) is 2. The lowest BCUT2D eigenvalue weighted by Gasteiger charge is -2.12. The quantitative estimate of drug-likeness (QED) is 0.356. The van der Waals surface area contributed by atoms with Crippen LogP contribution < -0.4 is 9.47 Å². The zero-order valence-electron chi connectivity index (χ0n) is 13.8. The molecular formula is C18H28BrClO2. The van der Waals surface area contributed by atoms with Crippen LogP contribution in [0.5, 0.6) is 11.5 Å². The minimum Gasteiger partial charge on any atom is -0.492 e. The van der Waals surface area contributed by atoms with Gasteiger partial charge in [-0.15, -0.1) is 0 Å². The lowest BCUT2D eigenvalue weighted by atomic mass is 10.2. The number of hydrogen-bond donors (Lipinski definition) is 0. The van der Waals surface area contributed by atoms with Crippen molar-refractivity contribution in [2.45, 2.75) is 65.2 Å². The molecule has 0 saturated carbocycles. The minimum absolute atomic E-state index is 0.613. The maximum absolute atomic E-state index is 6.28. The average molecular weight is 392 g/mol. The molecule has 0 aromatic heterocycles. The van der Waals surface area contributed by atoms with Gasteiger partial charge in [0.25, 0.3) is 0 Å². The van der Waals surface area contributed by atoms with Gasteiger partial charge in [-0.2, -0.15) is 0 Å². The van der Waals surface area contributed by atoms with Gasteiger partial charge >= 0.3 is 0 Å². The van der Waals surface area contributed by atoms with E-state index in [4.69, 9.17) is 21.1 Å². The van der Waals surface area contributed by atoms with Gasteiger partial charge in [0.2, 0.25) is 0 Å². The lowest BCUT2D eigenvalue weighted by molar-refractivity contribution is 0.295. The van der Waals surface area contributed by atoms with Gasteiger partial charge < -0.3 is 9.47 Å². The largest absolute Gasteiger partial charge is 0.492 e. The first kappa shape index (κ1) is 19.6. The predicted octanol–water partition coefficient (Wildman–Crippen LogP) is 7.02. The maximum Gasteiger partial charge on any atom is 0.139 e. The summed E-state index contributed by atoms with van der Waals surface area (Å²) in [5, 5.41) is 0.613. The topological polar surface area (TPSA) is 18.5 Å². The van der Waals surface area contributed by atoms with Gasteiger partial charge in [-0.3, -0.25) is 0 Å². The molecule has 0 aliphatic rings. The summed E-state index contributed by atoms with van der Waals surface area (Å²) in [6.07, 6.45) is 9.54. The molecule has 0 amide bonds. The van der Waals surface area contributed by atoms with Crippen LogP contribution in [-0.2, 0) is 0 Å². The third-order valence-corrected chi connectivity index (χ3v) is 4.41. The van der Waals surface area contributed by atoms with Crippen molar-refractivity contribution in [2.75, 3.05) is 13.2 Å². The van der Waals surface area contributed by atoms with Crippen molar-refractivity contribution in [2.24, 2.45) is 0 Å². The fraction of sp³-hybridized carbons (Fsp3) is 0.667. The van der Waals surface area contributed by atoms with Crippen LogP contribution in [0, 0.1) is 0 Å². The molecule has 126 valence electrons. The number of halogens is 2. The molecule has 4 heteroatoms. The van der Waals surface area contributed by atoms with Crippen molar-refractivity contribution in [3.05, 3.63) is 21.6 Å². The smallest absolute Gasteiger partial charge is 0.139 e. The van der Waals surface area contributed by atoms with Crippen molar-refractivity contribution < 1.29 is 9.47 Å². The molecule has 0 bridgehead atoms. The Balaban J connectivity index is 2.42. The van der Waals surface area contributed by atoms with Crippen LogP contribution in [-0.4, -0.2) is 13.2 Å². The maximum atomic E-state index is 6.28. The molecule has 0 aliphatic carbocycles. The van der Waals surface area contributed by atoms with Crippen molar-refractivity contribution >= 4 is 27.5 Å². The van der Waals surface area contributed by atoms with Crippen LogP contribution in [0.3, 0.4) is 0 Å². The fourth-order valence-corrected chi connectivity index (χ4v) is 2.80. The second kappa shape index (κ2) is 12.1. The highest BCUT2D eigenvalue weighted by atomic mass is 79.9. The Kier molecular flexibility index (Phi) is 10.8. The van der Waals surface area contributed by atoms with Gasteiger partial charge in [0, 0.05) is 6.07 Å². The van der Waals surface area contributed by atoms with E-state index >= 15 is 0 Å². The van der Waals surface area contributed by atoms with E-state index in [2.05, 4.69) is 29.8 Å². The van der Waals surface area contributed by atoms with Gasteiger partial charge in [-0.05, 0) is 34.8 Å². The molecule has 0 unspecified atom stereocenters. The Labute approximate surface area is 148 Å². The molecule has 0 aliphatic heterocycles. The summed E-state index contributed by atoms with van der Waals surface area (Å²) >= 11 is 9.81. The SMILES string of the molecule is CCCCCCOc1cc(Br)c(OCCCCCC)cc1Cl. The Morgan fingerprint density at radius 1 is 0.818 bits per heavy atom. The number of benzene rings is 1. The van der Waals surface area contributed by atoms with E-state index in [0.717, 1.165) is 35.4 Å². The van der Waals surface area contributed by atoms with E-state index < -0.39 is 0 Å². The molecule has 0 atom stereocenters. The van der Waals surface area contributed by atoms with Crippen molar-refractivity contribution in [1.82, 2.24) is 0 Å². The summed E-state index contributed by atoms with van der Waals surface area (Å²) in [5.41, 5.74) is 0. The van der Waals surface area contributed by atoms with Crippen LogP contribution in [0.2, 0.25) is 5.02 Å². The fourth-order valence-electron chi connectivity index (χ4n) is 2.15. The molecule has 0 radical (unpaired) electrons. The van der Waals surface area contributed by atoms with E-state index in [0.29, 0.717) is 11.6 Å². The van der Waals surface area contributed by atoms with Crippen LogP contribution in [0.4, 0.5) is 0 Å². The molecule has 0 fully saturated rings. The van der Waals surface area contributed by atoms with Crippen molar-refractivity contribution in [1.29, 1.82) is 0 Å². The lowest BCUT2D eigenvalue weighted by Crippen LogP contribution is -2.00. The van der Waals surface area contributed by atoms with E-state index in [9.17, 15) is 0 Å². The molecule has 0 heterocycles. The van der Waals surface area contributed by atoms with E-state index in [1.54, 1.807) is 0 Å². The summed E-state index contributed by atoms with van der Waals surface area (Å²) in [7, 11) is 0. The minimum atomic E-state index is 0.613. The number of hydrogen-bond acceptors (Lipinski definition) is 2. The standard InChI is InChI=1S/C18H28BrClO2/c1-3-5-7-9-11-21-17-14-16(20)18(13-15(17)19)22-12-10-8-6-4-2/h13-14H,3-12H2,1-2H3. The van der Waals surface area contributed by atoms with Gasteiger partial charge in [-0.25, -0.2) is 0 Å². The Hall–Kier alpha value is -0.410. The van der Waals surface area contributed by atoms with Crippen LogP contribution in [0.25, 0.3) is 0 Å². The van der Waals surface area contributed by atoms with Gasteiger partial charge in [0.05, 0.1) is 22.7 Å². The number of unbranched alkanes of at least 4 members (excludes halogenated alkanes) is 6. The summed E-state index contributed by atoms with van der Waals surface area (Å²) in [6.45, 7) is 5.85. The first-order valence-electron chi connectivity index (χ1n) is 8.43. The first-order valence-corrected chi connectivity index (χ1v) is 9.60. The first-order chi connectivity index (χ1) is 10.7. The van der Waals surface area contributed by atoms with E-state index in [1.807, 2.05) is 12.1 Å². The molecule has 0 saturated heterocycles.